The first-order chi connectivity index (χ1) is 4.97. The summed E-state index contributed by atoms with van der Waals surface area (Å²) < 4.78 is 0. The molecule has 0 aromatic carbocycles. The lowest BCUT2D eigenvalue weighted by molar-refractivity contribution is -0.126. The molecule has 0 bridgehead atoms. The van der Waals surface area contributed by atoms with E-state index in [4.69, 9.17) is 0 Å². The highest BCUT2D eigenvalue weighted by Crippen LogP contribution is 2.35. The summed E-state index contributed by atoms with van der Waals surface area (Å²) in [6, 6.07) is 0. The Hall–Kier alpha value is -0.370. The van der Waals surface area contributed by atoms with Gasteiger partial charge in [0.1, 0.15) is 5.78 Å². The molecule has 2 atom stereocenters. The predicted octanol–water partition coefficient (Wildman–Crippen LogP) is 1.16. The summed E-state index contributed by atoms with van der Waals surface area (Å²) in [5.74, 6) is 0.833. The summed E-state index contributed by atoms with van der Waals surface area (Å²) in [6.45, 7) is 7.91. The minimum Gasteiger partial charge on any atom is -0.305 e. The van der Waals surface area contributed by atoms with E-state index < -0.39 is 0 Å². The Morgan fingerprint density at radius 3 is 2.36 bits per heavy atom. The van der Waals surface area contributed by atoms with Gasteiger partial charge in [-0.3, -0.25) is 4.79 Å². The number of nitrogens with zero attached hydrogens (tertiary/aromatic N) is 1. The van der Waals surface area contributed by atoms with Crippen LogP contribution < -0.4 is 0 Å². The summed E-state index contributed by atoms with van der Waals surface area (Å²) in [5, 5.41) is 0. The van der Waals surface area contributed by atoms with Crippen LogP contribution in [0, 0.1) is 11.3 Å². The van der Waals surface area contributed by atoms with Crippen molar-refractivity contribution in [3.63, 3.8) is 0 Å². The zero-order valence-electron chi connectivity index (χ0n) is 7.85. The smallest absolute Gasteiger partial charge is 0.137 e. The number of rotatable bonds is 1. The lowest BCUT2D eigenvalue weighted by Crippen LogP contribution is -2.32. The lowest BCUT2D eigenvalue weighted by Gasteiger charge is -2.24. The average molecular weight is 155 g/mol. The first-order valence-electron chi connectivity index (χ1n) is 4.16. The van der Waals surface area contributed by atoms with E-state index in [0.717, 1.165) is 13.1 Å². The van der Waals surface area contributed by atoms with E-state index in [1.807, 2.05) is 0 Å². The molecule has 2 nitrogen and oxygen atoms in total. The molecule has 64 valence electrons. The number of hydrogen-bond donors (Lipinski definition) is 0. The van der Waals surface area contributed by atoms with E-state index in [1.165, 1.54) is 0 Å². The van der Waals surface area contributed by atoms with Gasteiger partial charge in [0.2, 0.25) is 0 Å². The van der Waals surface area contributed by atoms with Crippen LogP contribution in [0.1, 0.15) is 20.8 Å². The fourth-order valence-electron chi connectivity index (χ4n) is 1.91. The van der Waals surface area contributed by atoms with Crippen LogP contribution in [0.3, 0.4) is 0 Å². The number of hydrogen-bond acceptors (Lipinski definition) is 2. The second kappa shape index (κ2) is 2.59. The van der Waals surface area contributed by atoms with Crippen molar-refractivity contribution >= 4 is 5.78 Å². The number of carbonyl (C=O) groups is 1. The van der Waals surface area contributed by atoms with Crippen LogP contribution in [0.15, 0.2) is 0 Å². The fourth-order valence-corrected chi connectivity index (χ4v) is 1.91. The van der Waals surface area contributed by atoms with Gasteiger partial charge >= 0.3 is 0 Å². The Labute approximate surface area is 68.6 Å². The Morgan fingerprint density at radius 1 is 1.64 bits per heavy atom. The third-order valence-electron chi connectivity index (χ3n) is 3.08. The van der Waals surface area contributed by atoms with Gasteiger partial charge < -0.3 is 4.90 Å². The molecule has 0 unspecified atom stereocenters. The SMILES string of the molecule is CC(=O)[C@]1(C)CN(C)C[C@@H]1C. The van der Waals surface area contributed by atoms with Crippen molar-refractivity contribution in [2.45, 2.75) is 20.8 Å². The van der Waals surface area contributed by atoms with Gasteiger partial charge in [-0.2, -0.15) is 0 Å². The van der Waals surface area contributed by atoms with Crippen LogP contribution in [0.25, 0.3) is 0 Å². The van der Waals surface area contributed by atoms with Gasteiger partial charge in [0.15, 0.2) is 0 Å². The van der Waals surface area contributed by atoms with Crippen LogP contribution in [0.5, 0.6) is 0 Å². The molecule has 0 aromatic rings. The van der Waals surface area contributed by atoms with Crippen molar-refractivity contribution in [2.75, 3.05) is 20.1 Å². The second-order valence-electron chi connectivity index (χ2n) is 4.07. The summed E-state index contributed by atoms with van der Waals surface area (Å²) in [6.07, 6.45) is 0. The zero-order chi connectivity index (χ0) is 8.65. The summed E-state index contributed by atoms with van der Waals surface area (Å²) >= 11 is 0. The van der Waals surface area contributed by atoms with E-state index >= 15 is 0 Å². The highest BCUT2D eigenvalue weighted by atomic mass is 16.1. The molecule has 11 heavy (non-hydrogen) atoms. The summed E-state index contributed by atoms with van der Waals surface area (Å²) in [5.41, 5.74) is -0.0885. The molecule has 1 aliphatic rings. The largest absolute Gasteiger partial charge is 0.305 e. The average Bonchev–Trinajstić information content (AvgIpc) is 2.08. The summed E-state index contributed by atoms with van der Waals surface area (Å²) in [4.78, 5) is 13.5. The van der Waals surface area contributed by atoms with Crippen molar-refractivity contribution < 1.29 is 4.79 Å². The molecule has 1 aliphatic heterocycles. The maximum Gasteiger partial charge on any atom is 0.137 e. The zero-order valence-corrected chi connectivity index (χ0v) is 7.85. The highest BCUT2D eigenvalue weighted by Gasteiger charge is 2.42. The maximum atomic E-state index is 11.3. The molecule has 1 heterocycles. The van der Waals surface area contributed by atoms with Crippen molar-refractivity contribution in [3.8, 4) is 0 Å². The number of ketones is 1. The molecule has 0 saturated carbocycles. The van der Waals surface area contributed by atoms with Crippen LogP contribution in [0.4, 0.5) is 0 Å². The fraction of sp³-hybridized carbons (Fsp3) is 0.889. The van der Waals surface area contributed by atoms with E-state index in [-0.39, 0.29) is 5.41 Å². The Balaban J connectivity index is 2.79. The normalized spacial score (nSPS) is 39.5. The molecular weight excluding hydrogens is 138 g/mol. The van der Waals surface area contributed by atoms with E-state index in [2.05, 4.69) is 25.8 Å². The number of carbonyl (C=O) groups excluding carboxylic acids is 1. The minimum atomic E-state index is -0.0885. The second-order valence-corrected chi connectivity index (χ2v) is 4.07. The van der Waals surface area contributed by atoms with E-state index in [0.29, 0.717) is 11.7 Å². The Kier molecular flexibility index (Phi) is 2.06. The first kappa shape index (κ1) is 8.72. The van der Waals surface area contributed by atoms with Crippen molar-refractivity contribution in [1.82, 2.24) is 4.90 Å². The minimum absolute atomic E-state index is 0.0885. The van der Waals surface area contributed by atoms with Crippen molar-refractivity contribution in [2.24, 2.45) is 11.3 Å². The van der Waals surface area contributed by atoms with E-state index in [1.54, 1.807) is 6.92 Å². The number of Topliss-reactive ketones (excluding diaryl/α,β-unsaturated/α-hetero) is 1. The van der Waals surface area contributed by atoms with Crippen LogP contribution in [-0.4, -0.2) is 30.8 Å². The molecule has 0 aromatic heterocycles. The Bertz CT molecular complexity index is 178. The van der Waals surface area contributed by atoms with Crippen LogP contribution in [0.2, 0.25) is 0 Å². The molecule has 0 amide bonds. The molecule has 2 heteroatoms. The maximum absolute atomic E-state index is 11.3. The van der Waals surface area contributed by atoms with Gasteiger partial charge in [-0.25, -0.2) is 0 Å². The Morgan fingerprint density at radius 2 is 2.18 bits per heavy atom. The van der Waals surface area contributed by atoms with Gasteiger partial charge in [-0.05, 0) is 19.9 Å². The van der Waals surface area contributed by atoms with Crippen molar-refractivity contribution in [1.29, 1.82) is 0 Å². The van der Waals surface area contributed by atoms with Crippen LogP contribution >= 0.6 is 0 Å². The molecule has 0 N–H and O–H groups in total. The molecule has 0 aliphatic carbocycles. The topological polar surface area (TPSA) is 20.3 Å². The van der Waals surface area contributed by atoms with E-state index in [9.17, 15) is 4.79 Å². The standard InChI is InChI=1S/C9H17NO/c1-7-5-10(4)6-9(7,3)8(2)11/h7H,5-6H2,1-4H3/t7-,9+/m0/s1. The molecule has 0 spiro atoms. The number of likely N-dealkylation sites (tertiary alicyclic amines) is 1. The quantitative estimate of drug-likeness (QED) is 0.566. The van der Waals surface area contributed by atoms with Gasteiger partial charge in [0, 0.05) is 18.5 Å². The van der Waals surface area contributed by atoms with Gasteiger partial charge in [-0.1, -0.05) is 13.8 Å². The van der Waals surface area contributed by atoms with Gasteiger partial charge in [0.05, 0.1) is 0 Å². The summed E-state index contributed by atoms with van der Waals surface area (Å²) in [7, 11) is 2.07. The first-order valence-corrected chi connectivity index (χ1v) is 4.16. The molecule has 1 saturated heterocycles. The molecule has 1 rings (SSSR count). The van der Waals surface area contributed by atoms with Crippen molar-refractivity contribution in [3.05, 3.63) is 0 Å². The lowest BCUT2D eigenvalue weighted by atomic mass is 9.78. The monoisotopic (exact) mass is 155 g/mol. The molecule has 0 radical (unpaired) electrons. The third kappa shape index (κ3) is 1.32. The highest BCUT2D eigenvalue weighted by molar-refractivity contribution is 5.82. The van der Waals surface area contributed by atoms with Gasteiger partial charge in [0.25, 0.3) is 0 Å². The van der Waals surface area contributed by atoms with Crippen LogP contribution in [-0.2, 0) is 4.79 Å². The predicted molar refractivity (Wildman–Crippen MR) is 45.4 cm³/mol. The molecule has 1 fully saturated rings. The van der Waals surface area contributed by atoms with Gasteiger partial charge in [-0.15, -0.1) is 0 Å². The molecular formula is C9H17NO. The third-order valence-corrected chi connectivity index (χ3v) is 3.08.